The van der Waals surface area contributed by atoms with Gasteiger partial charge in [0.15, 0.2) is 0 Å². The van der Waals surface area contributed by atoms with Gasteiger partial charge in [-0.1, -0.05) is 17.7 Å². The van der Waals surface area contributed by atoms with Gasteiger partial charge in [0.1, 0.15) is 11.9 Å². The molecule has 0 aliphatic heterocycles. The van der Waals surface area contributed by atoms with Gasteiger partial charge in [-0.3, -0.25) is 9.48 Å². The molecule has 1 aromatic carbocycles. The van der Waals surface area contributed by atoms with Gasteiger partial charge < -0.3 is 15.4 Å². The first-order chi connectivity index (χ1) is 13.3. The monoisotopic (exact) mass is 406 g/mol. The number of amides is 1. The number of nitrogens with zero attached hydrogens (tertiary/aromatic N) is 5. The fourth-order valence-electron chi connectivity index (χ4n) is 2.67. The molecular formula is C17H16ClFN6O3. The number of hydrogen-bond acceptors (Lipinski definition) is 5. The van der Waals surface area contributed by atoms with E-state index in [0.29, 0.717) is 11.4 Å². The Kier molecular flexibility index (Phi) is 5.41. The summed E-state index contributed by atoms with van der Waals surface area (Å²) in [6.07, 6.45) is 2.95. The van der Waals surface area contributed by atoms with E-state index in [1.165, 1.54) is 40.0 Å². The van der Waals surface area contributed by atoms with E-state index in [1.54, 1.807) is 19.9 Å². The molecule has 0 radical (unpaired) electrons. The number of benzene rings is 1. The predicted molar refractivity (Wildman–Crippen MR) is 99.7 cm³/mol. The van der Waals surface area contributed by atoms with Crippen LogP contribution >= 0.6 is 11.6 Å². The average molecular weight is 407 g/mol. The summed E-state index contributed by atoms with van der Waals surface area (Å²) >= 11 is 6.01. The summed E-state index contributed by atoms with van der Waals surface area (Å²) in [7, 11) is 0. The number of nitro groups is 1. The van der Waals surface area contributed by atoms with Crippen LogP contribution in [0.5, 0.6) is 0 Å². The predicted octanol–water partition coefficient (Wildman–Crippen LogP) is 3.34. The van der Waals surface area contributed by atoms with Crippen LogP contribution in [-0.2, 0) is 11.3 Å². The van der Waals surface area contributed by atoms with Crippen molar-refractivity contribution < 1.29 is 14.1 Å². The highest BCUT2D eigenvalue weighted by atomic mass is 35.5. The minimum Gasteiger partial charge on any atom is -0.358 e. The van der Waals surface area contributed by atoms with Gasteiger partial charge in [0, 0.05) is 16.8 Å². The summed E-state index contributed by atoms with van der Waals surface area (Å²) in [5, 5.41) is 21.7. The van der Waals surface area contributed by atoms with E-state index < -0.39 is 22.7 Å². The third kappa shape index (κ3) is 4.01. The molecule has 3 rings (SSSR count). The molecule has 0 fully saturated rings. The fraction of sp³-hybridized carbons (Fsp3) is 0.235. The molecule has 0 saturated carbocycles. The van der Waals surface area contributed by atoms with Gasteiger partial charge in [-0.25, -0.2) is 4.39 Å². The number of rotatable bonds is 6. The first kappa shape index (κ1) is 19.5. The topological polar surface area (TPSA) is 108 Å². The molecule has 2 aromatic heterocycles. The first-order valence-corrected chi connectivity index (χ1v) is 8.61. The van der Waals surface area contributed by atoms with Crippen LogP contribution in [0.25, 0.3) is 0 Å². The molecule has 1 N–H and O–H groups in total. The van der Waals surface area contributed by atoms with E-state index in [0.717, 1.165) is 0 Å². The Bertz CT molecular complexity index is 1030. The van der Waals surface area contributed by atoms with Crippen LogP contribution in [0.3, 0.4) is 0 Å². The molecule has 11 heteroatoms. The molecule has 0 bridgehead atoms. The van der Waals surface area contributed by atoms with Gasteiger partial charge >= 0.3 is 5.82 Å². The maximum Gasteiger partial charge on any atom is 0.390 e. The number of aromatic nitrogens is 4. The van der Waals surface area contributed by atoms with Crippen molar-refractivity contribution in [2.24, 2.45) is 0 Å². The highest BCUT2D eigenvalue weighted by Crippen LogP contribution is 2.21. The molecule has 1 atom stereocenters. The molecule has 1 unspecified atom stereocenters. The normalized spacial score (nSPS) is 12.0. The molecule has 0 spiro atoms. The minimum atomic E-state index is -0.780. The number of halogens is 2. The van der Waals surface area contributed by atoms with Gasteiger partial charge in [0.05, 0.1) is 35.3 Å². The second kappa shape index (κ2) is 7.77. The zero-order valence-electron chi connectivity index (χ0n) is 15.0. The van der Waals surface area contributed by atoms with Crippen molar-refractivity contribution in [3.05, 3.63) is 68.9 Å². The van der Waals surface area contributed by atoms with E-state index in [2.05, 4.69) is 15.5 Å². The van der Waals surface area contributed by atoms with Crippen LogP contribution in [-0.4, -0.2) is 30.4 Å². The zero-order chi connectivity index (χ0) is 20.4. The van der Waals surface area contributed by atoms with Crippen molar-refractivity contribution in [2.75, 3.05) is 5.32 Å². The lowest BCUT2D eigenvalue weighted by Crippen LogP contribution is -2.25. The van der Waals surface area contributed by atoms with Crippen LogP contribution < -0.4 is 5.32 Å². The molecule has 2 heterocycles. The van der Waals surface area contributed by atoms with Gasteiger partial charge in [-0.15, -0.1) is 0 Å². The molecule has 3 aromatic rings. The lowest BCUT2D eigenvalue weighted by atomic mass is 10.2. The summed E-state index contributed by atoms with van der Waals surface area (Å²) in [6.45, 7) is 3.30. The Morgan fingerprint density at radius 3 is 2.86 bits per heavy atom. The Hall–Kier alpha value is -3.27. The van der Waals surface area contributed by atoms with Crippen LogP contribution in [0.4, 0.5) is 15.9 Å². The SMILES string of the molecule is Cc1cc([N+](=O)[O-])nn1C(C)C(=O)Nc1cnn(Cc2c(F)cccc2Cl)c1. The molecule has 0 aliphatic rings. The molecule has 1 amide bonds. The summed E-state index contributed by atoms with van der Waals surface area (Å²) < 4.78 is 16.6. The number of anilines is 1. The number of nitrogens with one attached hydrogen (secondary N) is 1. The van der Waals surface area contributed by atoms with Gasteiger partial charge in [-0.05, 0) is 30.9 Å². The third-order valence-corrected chi connectivity index (χ3v) is 4.48. The van der Waals surface area contributed by atoms with Crippen LogP contribution in [0.2, 0.25) is 5.02 Å². The van der Waals surface area contributed by atoms with Gasteiger partial charge in [0.25, 0.3) is 5.91 Å². The Balaban J connectivity index is 1.71. The van der Waals surface area contributed by atoms with Gasteiger partial charge in [-0.2, -0.15) is 9.78 Å². The quantitative estimate of drug-likeness (QED) is 0.499. The standard InChI is InChI=1S/C17H16ClFN6O3/c1-10-6-16(25(27)28)22-24(10)11(2)17(26)21-12-7-20-23(8-12)9-13-14(18)4-3-5-15(13)19/h3-8,11H,9H2,1-2H3,(H,21,26). The molecule has 146 valence electrons. The highest BCUT2D eigenvalue weighted by Gasteiger charge is 2.25. The highest BCUT2D eigenvalue weighted by molar-refractivity contribution is 6.31. The van der Waals surface area contributed by atoms with Crippen molar-refractivity contribution in [1.29, 1.82) is 0 Å². The van der Waals surface area contributed by atoms with E-state index in [1.807, 2.05) is 0 Å². The number of carbonyl (C=O) groups is 1. The minimum absolute atomic E-state index is 0.0986. The van der Waals surface area contributed by atoms with E-state index in [-0.39, 0.29) is 22.9 Å². The second-order valence-corrected chi connectivity index (χ2v) is 6.54. The Morgan fingerprint density at radius 2 is 2.21 bits per heavy atom. The first-order valence-electron chi connectivity index (χ1n) is 8.23. The van der Waals surface area contributed by atoms with E-state index >= 15 is 0 Å². The zero-order valence-corrected chi connectivity index (χ0v) is 15.7. The van der Waals surface area contributed by atoms with Crippen LogP contribution in [0.15, 0.2) is 36.7 Å². The van der Waals surface area contributed by atoms with Crippen molar-refractivity contribution in [3.8, 4) is 0 Å². The summed E-state index contributed by atoms with van der Waals surface area (Å²) in [6, 6.07) is 4.91. The van der Waals surface area contributed by atoms with Gasteiger partial charge in [0.2, 0.25) is 0 Å². The largest absolute Gasteiger partial charge is 0.390 e. The van der Waals surface area contributed by atoms with Crippen LogP contribution in [0, 0.1) is 22.9 Å². The van der Waals surface area contributed by atoms with Crippen molar-refractivity contribution in [3.63, 3.8) is 0 Å². The second-order valence-electron chi connectivity index (χ2n) is 6.14. The third-order valence-electron chi connectivity index (χ3n) is 4.13. The molecule has 9 nitrogen and oxygen atoms in total. The number of hydrogen-bond donors (Lipinski definition) is 1. The lowest BCUT2D eigenvalue weighted by molar-refractivity contribution is -0.389. The summed E-state index contributed by atoms with van der Waals surface area (Å²) in [5.74, 6) is -1.20. The fourth-order valence-corrected chi connectivity index (χ4v) is 2.89. The summed E-state index contributed by atoms with van der Waals surface area (Å²) in [4.78, 5) is 22.7. The summed E-state index contributed by atoms with van der Waals surface area (Å²) in [5.41, 5.74) is 1.17. The van der Waals surface area contributed by atoms with Crippen molar-refractivity contribution in [1.82, 2.24) is 19.6 Å². The molecule has 0 saturated heterocycles. The lowest BCUT2D eigenvalue weighted by Gasteiger charge is -2.10. The average Bonchev–Trinajstić information content (AvgIpc) is 3.24. The molecule has 28 heavy (non-hydrogen) atoms. The van der Waals surface area contributed by atoms with Crippen molar-refractivity contribution in [2.45, 2.75) is 26.4 Å². The van der Waals surface area contributed by atoms with Crippen molar-refractivity contribution >= 4 is 29.0 Å². The molecule has 0 aliphatic carbocycles. The Labute approximate surface area is 163 Å². The van der Waals surface area contributed by atoms with E-state index in [4.69, 9.17) is 11.6 Å². The Morgan fingerprint density at radius 1 is 1.46 bits per heavy atom. The molecular weight excluding hydrogens is 391 g/mol. The smallest absolute Gasteiger partial charge is 0.358 e. The number of carbonyl (C=O) groups excluding carboxylic acids is 1. The maximum atomic E-state index is 13.9. The van der Waals surface area contributed by atoms with Crippen LogP contribution in [0.1, 0.15) is 24.2 Å². The number of aryl methyl sites for hydroxylation is 1. The maximum absolute atomic E-state index is 13.9. The van der Waals surface area contributed by atoms with E-state index in [9.17, 15) is 19.3 Å².